The van der Waals surface area contributed by atoms with Gasteiger partial charge in [-0.2, -0.15) is 0 Å². The molecule has 0 aromatic carbocycles. The minimum atomic E-state index is -1.01. The Morgan fingerprint density at radius 3 is 1.79 bits per heavy atom. The van der Waals surface area contributed by atoms with Crippen molar-refractivity contribution >= 4 is 12.4 Å². The standard InChI is InChI=1S/C18H37NO4.ClH/c1-2-3-4-5-6-7-8-9-10-11-12-15(21)16-18(23)17(22)14(13-20)19-16;/h14-23H,2-13H2,1H3;1H/t14-,15-,16-,17-,18-;/m1./s1. The van der Waals surface area contributed by atoms with E-state index in [9.17, 15) is 15.3 Å². The van der Waals surface area contributed by atoms with E-state index >= 15 is 0 Å². The minimum absolute atomic E-state index is 0. The molecular weight excluding hydrogens is 330 g/mol. The molecule has 6 heteroatoms. The van der Waals surface area contributed by atoms with Gasteiger partial charge in [-0.05, 0) is 6.42 Å². The summed E-state index contributed by atoms with van der Waals surface area (Å²) in [5, 5.41) is 41.8. The number of hydrogen-bond donors (Lipinski definition) is 5. The molecule has 1 heterocycles. The van der Waals surface area contributed by atoms with Gasteiger partial charge in [0.2, 0.25) is 0 Å². The zero-order valence-corrected chi connectivity index (χ0v) is 15.9. The normalized spacial score (nSPS) is 27.9. The summed E-state index contributed by atoms with van der Waals surface area (Å²) in [4.78, 5) is 0. The van der Waals surface area contributed by atoms with Gasteiger partial charge in [-0.3, -0.25) is 0 Å². The second kappa shape index (κ2) is 14.3. The molecule has 5 N–H and O–H groups in total. The first-order valence-electron chi connectivity index (χ1n) is 9.53. The first-order valence-corrected chi connectivity index (χ1v) is 9.53. The number of aliphatic hydroxyl groups excluding tert-OH is 4. The molecule has 1 saturated heterocycles. The van der Waals surface area contributed by atoms with Gasteiger partial charge < -0.3 is 25.7 Å². The lowest BCUT2D eigenvalue weighted by atomic mass is 9.98. The SMILES string of the molecule is CCCCCCCCCCCC[C@@H](O)[C@H]1N[C@H](CO)[C@@H](O)[C@@H]1O.Cl. The van der Waals surface area contributed by atoms with Crippen molar-refractivity contribution in [1.29, 1.82) is 0 Å². The Morgan fingerprint density at radius 2 is 1.33 bits per heavy atom. The van der Waals surface area contributed by atoms with Crippen LogP contribution in [0.2, 0.25) is 0 Å². The van der Waals surface area contributed by atoms with Crippen LogP contribution < -0.4 is 5.32 Å². The molecule has 1 rings (SSSR count). The summed E-state index contributed by atoms with van der Waals surface area (Å²) in [5.74, 6) is 0. The summed E-state index contributed by atoms with van der Waals surface area (Å²) in [6.07, 6.45) is 10.4. The third-order valence-corrected chi connectivity index (χ3v) is 5.00. The fourth-order valence-electron chi connectivity index (χ4n) is 3.41. The van der Waals surface area contributed by atoms with Crippen molar-refractivity contribution in [3.8, 4) is 0 Å². The van der Waals surface area contributed by atoms with Gasteiger partial charge in [0.1, 0.15) is 0 Å². The maximum atomic E-state index is 10.2. The van der Waals surface area contributed by atoms with Gasteiger partial charge >= 0.3 is 0 Å². The molecule has 0 saturated carbocycles. The van der Waals surface area contributed by atoms with Crippen LogP contribution in [0.15, 0.2) is 0 Å². The Hall–Kier alpha value is 0.0900. The van der Waals surface area contributed by atoms with Gasteiger partial charge in [-0.15, -0.1) is 12.4 Å². The summed E-state index contributed by atoms with van der Waals surface area (Å²) in [7, 11) is 0. The van der Waals surface area contributed by atoms with E-state index < -0.39 is 30.4 Å². The Bertz CT molecular complexity index is 296. The molecule has 0 amide bonds. The number of unbranched alkanes of at least 4 members (excludes halogenated alkanes) is 9. The second-order valence-electron chi connectivity index (χ2n) is 7.00. The van der Waals surface area contributed by atoms with Crippen molar-refractivity contribution in [2.75, 3.05) is 6.61 Å². The molecule has 0 bridgehead atoms. The van der Waals surface area contributed by atoms with Crippen LogP contribution >= 0.6 is 12.4 Å². The third-order valence-electron chi connectivity index (χ3n) is 5.00. The molecular formula is C18H38ClNO4. The topological polar surface area (TPSA) is 93.0 Å². The van der Waals surface area contributed by atoms with E-state index in [1.807, 2.05) is 0 Å². The van der Waals surface area contributed by atoms with Gasteiger partial charge in [0, 0.05) is 0 Å². The highest BCUT2D eigenvalue weighted by Crippen LogP contribution is 2.20. The molecule has 0 aliphatic carbocycles. The van der Waals surface area contributed by atoms with Crippen LogP contribution in [0.5, 0.6) is 0 Å². The molecule has 0 unspecified atom stereocenters. The van der Waals surface area contributed by atoms with E-state index in [0.29, 0.717) is 6.42 Å². The van der Waals surface area contributed by atoms with E-state index in [4.69, 9.17) is 5.11 Å². The quantitative estimate of drug-likeness (QED) is 0.321. The van der Waals surface area contributed by atoms with Gasteiger partial charge in [0.05, 0.1) is 37.0 Å². The lowest BCUT2D eigenvalue weighted by molar-refractivity contribution is -0.00443. The van der Waals surface area contributed by atoms with Gasteiger partial charge in [0.25, 0.3) is 0 Å². The average molecular weight is 368 g/mol. The summed E-state index contributed by atoms with van der Waals surface area (Å²) < 4.78 is 0. The van der Waals surface area contributed by atoms with Crippen molar-refractivity contribution in [3.63, 3.8) is 0 Å². The average Bonchev–Trinajstić information content (AvgIpc) is 2.84. The molecule has 1 aliphatic heterocycles. The van der Waals surface area contributed by atoms with Crippen LogP contribution in [0.4, 0.5) is 0 Å². The van der Waals surface area contributed by atoms with Crippen molar-refractivity contribution in [1.82, 2.24) is 5.32 Å². The van der Waals surface area contributed by atoms with E-state index in [2.05, 4.69) is 12.2 Å². The van der Waals surface area contributed by atoms with Crippen LogP contribution in [0.3, 0.4) is 0 Å². The monoisotopic (exact) mass is 367 g/mol. The predicted molar refractivity (Wildman–Crippen MR) is 99.5 cm³/mol. The predicted octanol–water partition coefficient (Wildman–Crippen LogP) is 2.13. The fourth-order valence-corrected chi connectivity index (χ4v) is 3.41. The maximum Gasteiger partial charge on any atom is 0.0993 e. The van der Waals surface area contributed by atoms with Crippen LogP contribution in [-0.2, 0) is 0 Å². The Labute approximate surface area is 153 Å². The molecule has 0 spiro atoms. The molecule has 5 nitrogen and oxygen atoms in total. The van der Waals surface area contributed by atoms with E-state index in [1.165, 1.54) is 51.4 Å². The summed E-state index contributed by atoms with van der Waals surface area (Å²) in [6.45, 7) is 2.00. The molecule has 0 aromatic heterocycles. The fraction of sp³-hybridized carbons (Fsp3) is 1.00. The van der Waals surface area contributed by atoms with E-state index in [-0.39, 0.29) is 19.0 Å². The van der Waals surface area contributed by atoms with E-state index in [0.717, 1.165) is 12.8 Å². The first-order chi connectivity index (χ1) is 11.1. The summed E-state index contributed by atoms with van der Waals surface area (Å²) in [5.41, 5.74) is 0. The number of nitrogens with one attached hydrogen (secondary N) is 1. The first kappa shape index (κ1) is 24.1. The zero-order chi connectivity index (χ0) is 17.1. The van der Waals surface area contributed by atoms with Gasteiger partial charge in [0.15, 0.2) is 0 Å². The highest BCUT2D eigenvalue weighted by Gasteiger charge is 2.43. The lowest BCUT2D eigenvalue weighted by Gasteiger charge is -2.22. The van der Waals surface area contributed by atoms with Crippen molar-refractivity contribution < 1.29 is 20.4 Å². The van der Waals surface area contributed by atoms with Crippen molar-refractivity contribution in [2.24, 2.45) is 0 Å². The van der Waals surface area contributed by atoms with E-state index in [1.54, 1.807) is 0 Å². The largest absolute Gasteiger partial charge is 0.395 e. The Kier molecular flexibility index (Phi) is 14.3. The molecule has 146 valence electrons. The number of halogens is 1. The maximum absolute atomic E-state index is 10.2. The van der Waals surface area contributed by atoms with Gasteiger partial charge in [-0.1, -0.05) is 71.1 Å². The highest BCUT2D eigenvalue weighted by atomic mass is 35.5. The smallest absolute Gasteiger partial charge is 0.0993 e. The van der Waals surface area contributed by atoms with Crippen molar-refractivity contribution in [3.05, 3.63) is 0 Å². The third kappa shape index (κ3) is 8.45. The molecule has 1 fully saturated rings. The Morgan fingerprint density at radius 1 is 0.833 bits per heavy atom. The van der Waals surface area contributed by atoms with Gasteiger partial charge in [-0.25, -0.2) is 0 Å². The number of rotatable bonds is 13. The van der Waals surface area contributed by atoms with Crippen LogP contribution in [0.25, 0.3) is 0 Å². The number of hydrogen-bond acceptors (Lipinski definition) is 5. The van der Waals surface area contributed by atoms with Crippen LogP contribution in [0.1, 0.15) is 77.6 Å². The number of aliphatic hydroxyl groups is 4. The summed E-state index contributed by atoms with van der Waals surface area (Å²) >= 11 is 0. The Balaban J connectivity index is 0.00000529. The zero-order valence-electron chi connectivity index (χ0n) is 15.1. The second-order valence-corrected chi connectivity index (χ2v) is 7.00. The summed E-state index contributed by atoms with van der Waals surface area (Å²) in [6, 6.07) is -1.09. The minimum Gasteiger partial charge on any atom is -0.395 e. The highest BCUT2D eigenvalue weighted by molar-refractivity contribution is 5.85. The molecule has 24 heavy (non-hydrogen) atoms. The molecule has 1 aliphatic rings. The molecule has 0 aromatic rings. The van der Waals surface area contributed by atoms with Crippen molar-refractivity contribution in [2.45, 2.75) is 108 Å². The molecule has 0 radical (unpaired) electrons. The lowest BCUT2D eigenvalue weighted by Crippen LogP contribution is -2.44. The molecule has 5 atom stereocenters. The van der Waals surface area contributed by atoms with Crippen LogP contribution in [0, 0.1) is 0 Å². The van der Waals surface area contributed by atoms with Crippen LogP contribution in [-0.4, -0.2) is 57.4 Å².